The van der Waals surface area contributed by atoms with E-state index in [1.165, 1.54) is 0 Å². The van der Waals surface area contributed by atoms with E-state index in [0.29, 0.717) is 6.04 Å². The van der Waals surface area contributed by atoms with Crippen molar-refractivity contribution in [3.8, 4) is 0 Å². The van der Waals surface area contributed by atoms with Crippen molar-refractivity contribution >= 4 is 32.6 Å². The van der Waals surface area contributed by atoms with Crippen LogP contribution in [-0.4, -0.2) is 37.0 Å². The van der Waals surface area contributed by atoms with E-state index in [-0.39, 0.29) is 5.91 Å². The van der Waals surface area contributed by atoms with Crippen LogP contribution in [-0.2, 0) is 0 Å². The lowest BCUT2D eigenvalue weighted by atomic mass is 10.0. The van der Waals surface area contributed by atoms with E-state index in [1.54, 1.807) is 0 Å². The third kappa shape index (κ3) is 3.33. The number of carbonyl (C=O) groups is 1. The molecule has 22 heavy (non-hydrogen) atoms. The molecule has 0 spiro atoms. The van der Waals surface area contributed by atoms with E-state index in [1.807, 2.05) is 42.3 Å². The molecule has 3 rings (SSSR count). The number of hydrogen-bond donors (Lipinski definition) is 1. The zero-order valence-corrected chi connectivity index (χ0v) is 14.4. The Morgan fingerprint density at radius 3 is 2.77 bits per heavy atom. The van der Waals surface area contributed by atoms with Gasteiger partial charge >= 0.3 is 0 Å². The number of hydrogen-bond acceptors (Lipinski definition) is 2. The highest BCUT2D eigenvalue weighted by Crippen LogP contribution is 2.22. The maximum Gasteiger partial charge on any atom is 0.253 e. The smallest absolute Gasteiger partial charge is 0.253 e. The highest BCUT2D eigenvalue weighted by molar-refractivity contribution is 9.10. The lowest BCUT2D eigenvalue weighted by Gasteiger charge is -2.27. The van der Waals surface area contributed by atoms with Crippen LogP contribution in [0.4, 0.5) is 0 Å². The number of rotatable bonds is 2. The van der Waals surface area contributed by atoms with Gasteiger partial charge in [-0.2, -0.15) is 0 Å². The molecule has 116 valence electrons. The Morgan fingerprint density at radius 2 is 1.91 bits per heavy atom. The fourth-order valence-electron chi connectivity index (χ4n) is 3.11. The molecule has 0 radical (unpaired) electrons. The summed E-state index contributed by atoms with van der Waals surface area (Å²) in [6, 6.07) is 12.4. The van der Waals surface area contributed by atoms with Crippen LogP contribution in [0.15, 0.2) is 40.9 Å². The molecule has 1 heterocycles. The second-order valence-corrected chi connectivity index (χ2v) is 6.87. The van der Waals surface area contributed by atoms with E-state index >= 15 is 0 Å². The van der Waals surface area contributed by atoms with Gasteiger partial charge in [0, 0.05) is 23.1 Å². The maximum absolute atomic E-state index is 12.8. The Kier molecular flexibility index (Phi) is 4.79. The minimum atomic E-state index is 0.122. The van der Waals surface area contributed by atoms with E-state index in [9.17, 15) is 4.79 Å². The molecule has 1 atom stereocenters. The lowest BCUT2D eigenvalue weighted by molar-refractivity contribution is 0.0720. The summed E-state index contributed by atoms with van der Waals surface area (Å²) in [6.07, 6.45) is 3.24. The zero-order valence-electron chi connectivity index (χ0n) is 12.8. The molecule has 1 unspecified atom stereocenters. The average molecular weight is 361 g/mol. The lowest BCUT2D eigenvalue weighted by Crippen LogP contribution is -2.37. The summed E-state index contributed by atoms with van der Waals surface area (Å²) < 4.78 is 1.06. The van der Waals surface area contributed by atoms with Crippen LogP contribution in [0.1, 0.15) is 29.6 Å². The fourth-order valence-corrected chi connectivity index (χ4v) is 3.49. The summed E-state index contributed by atoms with van der Waals surface area (Å²) in [6.45, 7) is 2.05. The maximum atomic E-state index is 12.8. The zero-order chi connectivity index (χ0) is 15.5. The van der Waals surface area contributed by atoms with Gasteiger partial charge in [-0.1, -0.05) is 28.1 Å². The Labute approximate surface area is 139 Å². The molecule has 0 aliphatic carbocycles. The summed E-state index contributed by atoms with van der Waals surface area (Å²) in [5.74, 6) is 0.122. The van der Waals surface area contributed by atoms with Crippen LogP contribution in [0.5, 0.6) is 0 Å². The third-order valence-corrected chi connectivity index (χ3v) is 4.96. The van der Waals surface area contributed by atoms with Crippen molar-refractivity contribution in [1.29, 1.82) is 0 Å². The third-order valence-electron chi connectivity index (χ3n) is 4.46. The molecule has 1 amide bonds. The monoisotopic (exact) mass is 360 g/mol. The Hall–Kier alpha value is -1.39. The van der Waals surface area contributed by atoms with Crippen molar-refractivity contribution in [3.05, 3.63) is 46.4 Å². The summed E-state index contributed by atoms with van der Waals surface area (Å²) in [5, 5.41) is 5.65. The minimum Gasteiger partial charge on any atom is -0.339 e. The number of carbonyl (C=O) groups excluding carboxylic acids is 1. The summed E-state index contributed by atoms with van der Waals surface area (Å²) in [7, 11) is 1.93. The van der Waals surface area contributed by atoms with Gasteiger partial charge in [-0.25, -0.2) is 0 Å². The standard InChI is InChI=1S/C18H21BrN2O/c1-21(17-3-2-9-20-10-8-17)18(22)15-5-4-14-12-16(19)7-6-13(14)11-15/h4-7,11-12,17,20H,2-3,8-10H2,1H3. The first kappa shape index (κ1) is 15.5. The molecule has 1 aliphatic heterocycles. The van der Waals surface area contributed by atoms with Gasteiger partial charge in [0.1, 0.15) is 0 Å². The molecule has 4 heteroatoms. The molecular weight excluding hydrogens is 340 g/mol. The summed E-state index contributed by atoms with van der Waals surface area (Å²) in [5.41, 5.74) is 0.773. The van der Waals surface area contributed by atoms with Crippen LogP contribution < -0.4 is 5.32 Å². The first-order chi connectivity index (χ1) is 10.6. The van der Waals surface area contributed by atoms with E-state index in [2.05, 4.69) is 27.3 Å². The van der Waals surface area contributed by atoms with Crippen molar-refractivity contribution < 1.29 is 4.79 Å². The molecule has 3 nitrogen and oxygen atoms in total. The number of nitrogens with zero attached hydrogens (tertiary/aromatic N) is 1. The molecule has 2 aromatic rings. The molecule has 0 aromatic heterocycles. The molecule has 1 aliphatic rings. The number of nitrogens with one attached hydrogen (secondary N) is 1. The SMILES string of the molecule is CN(C(=O)c1ccc2cc(Br)ccc2c1)C1CCCNCC1. The van der Waals surface area contributed by atoms with Crippen molar-refractivity contribution in [2.45, 2.75) is 25.3 Å². The minimum absolute atomic E-state index is 0.122. The Morgan fingerprint density at radius 1 is 1.14 bits per heavy atom. The van der Waals surface area contributed by atoms with Crippen molar-refractivity contribution in [2.75, 3.05) is 20.1 Å². The quantitative estimate of drug-likeness (QED) is 0.882. The van der Waals surface area contributed by atoms with Crippen LogP contribution >= 0.6 is 15.9 Å². The van der Waals surface area contributed by atoms with Gasteiger partial charge in [-0.05, 0) is 67.4 Å². The molecule has 1 saturated heterocycles. The van der Waals surface area contributed by atoms with Crippen molar-refractivity contribution in [2.24, 2.45) is 0 Å². The van der Waals surface area contributed by atoms with Gasteiger partial charge < -0.3 is 10.2 Å². The molecule has 2 aromatic carbocycles. The number of fused-ring (bicyclic) bond motifs is 1. The second kappa shape index (κ2) is 6.80. The van der Waals surface area contributed by atoms with Crippen LogP contribution in [0.2, 0.25) is 0 Å². The summed E-state index contributed by atoms with van der Waals surface area (Å²) in [4.78, 5) is 14.7. The van der Waals surface area contributed by atoms with Crippen LogP contribution in [0, 0.1) is 0 Å². The molecular formula is C18H21BrN2O. The average Bonchev–Trinajstić information content (AvgIpc) is 2.82. The molecule has 1 fully saturated rings. The van der Waals surface area contributed by atoms with Crippen molar-refractivity contribution in [3.63, 3.8) is 0 Å². The highest BCUT2D eigenvalue weighted by atomic mass is 79.9. The number of benzene rings is 2. The van der Waals surface area contributed by atoms with E-state index < -0.39 is 0 Å². The Bertz CT molecular complexity index is 678. The number of halogens is 1. The Balaban J connectivity index is 1.82. The normalized spacial score (nSPS) is 18.9. The van der Waals surface area contributed by atoms with Gasteiger partial charge in [0.25, 0.3) is 5.91 Å². The number of amides is 1. The van der Waals surface area contributed by atoms with E-state index in [4.69, 9.17) is 0 Å². The van der Waals surface area contributed by atoms with E-state index in [0.717, 1.165) is 53.2 Å². The van der Waals surface area contributed by atoms with Gasteiger partial charge in [-0.15, -0.1) is 0 Å². The van der Waals surface area contributed by atoms with Gasteiger partial charge in [0.15, 0.2) is 0 Å². The van der Waals surface area contributed by atoms with Crippen LogP contribution in [0.25, 0.3) is 10.8 Å². The van der Waals surface area contributed by atoms with Gasteiger partial charge in [-0.3, -0.25) is 4.79 Å². The fraction of sp³-hybridized carbons (Fsp3) is 0.389. The summed E-state index contributed by atoms with van der Waals surface area (Å²) >= 11 is 3.48. The first-order valence-electron chi connectivity index (χ1n) is 7.82. The topological polar surface area (TPSA) is 32.3 Å². The second-order valence-electron chi connectivity index (χ2n) is 5.96. The molecule has 0 saturated carbocycles. The highest BCUT2D eigenvalue weighted by Gasteiger charge is 2.22. The van der Waals surface area contributed by atoms with Gasteiger partial charge in [0.2, 0.25) is 0 Å². The van der Waals surface area contributed by atoms with Crippen LogP contribution in [0.3, 0.4) is 0 Å². The first-order valence-corrected chi connectivity index (χ1v) is 8.61. The van der Waals surface area contributed by atoms with Crippen molar-refractivity contribution in [1.82, 2.24) is 10.2 Å². The predicted molar refractivity (Wildman–Crippen MR) is 94.3 cm³/mol. The predicted octanol–water partition coefficient (Wildman–Crippen LogP) is 3.82. The largest absolute Gasteiger partial charge is 0.339 e. The molecule has 0 bridgehead atoms. The van der Waals surface area contributed by atoms with Gasteiger partial charge in [0.05, 0.1) is 0 Å². The molecule has 1 N–H and O–H groups in total.